The van der Waals surface area contributed by atoms with E-state index in [0.717, 1.165) is 32.0 Å². The van der Waals surface area contributed by atoms with Gasteiger partial charge in [0.1, 0.15) is 0 Å². The lowest BCUT2D eigenvalue weighted by atomic mass is 10.1. The highest BCUT2D eigenvalue weighted by Crippen LogP contribution is 2.29. The summed E-state index contributed by atoms with van der Waals surface area (Å²) >= 11 is 0. The summed E-state index contributed by atoms with van der Waals surface area (Å²) in [4.78, 5) is 12.8. The fourth-order valence-electron chi connectivity index (χ4n) is 2.72. The molecule has 2 rings (SSSR count). The number of morpholine rings is 1. The first-order valence-corrected chi connectivity index (χ1v) is 7.42. The predicted octanol–water partition coefficient (Wildman–Crippen LogP) is 2.12. The van der Waals surface area contributed by atoms with E-state index in [9.17, 15) is 10.1 Å². The van der Waals surface area contributed by atoms with E-state index in [-0.39, 0.29) is 11.4 Å². The van der Waals surface area contributed by atoms with Crippen LogP contribution in [0.2, 0.25) is 0 Å². The maximum absolute atomic E-state index is 10.9. The molecule has 2 atom stereocenters. The third kappa shape index (κ3) is 3.86. The number of nitro groups is 1. The first-order valence-electron chi connectivity index (χ1n) is 7.42. The van der Waals surface area contributed by atoms with E-state index in [0.29, 0.717) is 12.1 Å². The molecule has 1 fully saturated rings. The summed E-state index contributed by atoms with van der Waals surface area (Å²) in [7, 11) is 1.43. The van der Waals surface area contributed by atoms with Crippen molar-refractivity contribution < 1.29 is 14.4 Å². The Balaban J connectivity index is 1.97. The number of rotatable bonds is 6. The van der Waals surface area contributed by atoms with Gasteiger partial charge in [-0.25, -0.2) is 0 Å². The number of benzene rings is 1. The summed E-state index contributed by atoms with van der Waals surface area (Å²) in [5.41, 5.74) is 0.790. The van der Waals surface area contributed by atoms with Gasteiger partial charge >= 0.3 is 5.69 Å². The average Bonchev–Trinajstić information content (AvgIpc) is 2.52. The van der Waals surface area contributed by atoms with Crippen LogP contribution in [0.25, 0.3) is 0 Å². The zero-order valence-corrected chi connectivity index (χ0v) is 13.2. The van der Waals surface area contributed by atoms with Crippen molar-refractivity contribution in [2.24, 2.45) is 0 Å². The van der Waals surface area contributed by atoms with Crippen molar-refractivity contribution in [1.82, 2.24) is 4.90 Å². The molecule has 1 aliphatic rings. The Kier molecular flexibility index (Phi) is 5.57. The number of methoxy groups -OCH3 is 1. The number of nitro benzene ring substituents is 1. The second kappa shape index (κ2) is 7.42. The van der Waals surface area contributed by atoms with Crippen LogP contribution in [0.4, 0.5) is 11.4 Å². The summed E-state index contributed by atoms with van der Waals surface area (Å²) < 4.78 is 10.5. The molecule has 0 saturated carbocycles. The molecule has 0 aliphatic carbocycles. The maximum atomic E-state index is 10.9. The van der Waals surface area contributed by atoms with Crippen molar-refractivity contribution in [2.75, 3.05) is 38.7 Å². The Morgan fingerprint density at radius 2 is 2.36 bits per heavy atom. The van der Waals surface area contributed by atoms with Gasteiger partial charge in [-0.05, 0) is 19.9 Å². The van der Waals surface area contributed by atoms with Gasteiger partial charge in [0, 0.05) is 43.0 Å². The second-order valence-electron chi connectivity index (χ2n) is 5.54. The molecular weight excluding hydrogens is 286 g/mol. The Hall–Kier alpha value is -1.86. The van der Waals surface area contributed by atoms with Crippen LogP contribution >= 0.6 is 0 Å². The largest absolute Gasteiger partial charge is 0.490 e. The Labute approximate surface area is 130 Å². The molecule has 1 aliphatic heterocycles. The van der Waals surface area contributed by atoms with Crippen molar-refractivity contribution in [2.45, 2.75) is 25.9 Å². The van der Waals surface area contributed by atoms with Gasteiger partial charge in [-0.1, -0.05) is 0 Å². The van der Waals surface area contributed by atoms with Crippen molar-refractivity contribution in [3.8, 4) is 5.75 Å². The molecule has 0 amide bonds. The van der Waals surface area contributed by atoms with E-state index in [1.165, 1.54) is 13.2 Å². The lowest BCUT2D eigenvalue weighted by Gasteiger charge is -2.38. The third-order valence-electron chi connectivity index (χ3n) is 3.96. The fraction of sp³-hybridized carbons (Fsp3) is 0.600. The highest BCUT2D eigenvalue weighted by atomic mass is 16.6. The molecule has 0 bridgehead atoms. The number of nitrogens with zero attached hydrogens (tertiary/aromatic N) is 2. The monoisotopic (exact) mass is 309 g/mol. The molecule has 7 heteroatoms. The zero-order chi connectivity index (χ0) is 16.1. The molecule has 122 valence electrons. The van der Waals surface area contributed by atoms with Crippen LogP contribution in [0.1, 0.15) is 13.8 Å². The molecule has 1 aromatic carbocycles. The first-order chi connectivity index (χ1) is 10.5. The quantitative estimate of drug-likeness (QED) is 0.641. The number of hydrogen-bond donors (Lipinski definition) is 1. The molecule has 0 spiro atoms. The Bertz CT molecular complexity index is 524. The van der Waals surface area contributed by atoms with Gasteiger partial charge in [0.05, 0.1) is 25.2 Å². The normalized spacial score (nSPS) is 20.4. The molecule has 0 unspecified atom stereocenters. The molecular formula is C15H23N3O4. The van der Waals surface area contributed by atoms with Crippen molar-refractivity contribution in [3.63, 3.8) is 0 Å². The number of nitrogens with one attached hydrogen (secondary N) is 1. The topological polar surface area (TPSA) is 76.9 Å². The van der Waals surface area contributed by atoms with Crippen molar-refractivity contribution in [3.05, 3.63) is 28.3 Å². The number of ether oxygens (including phenoxy) is 2. The van der Waals surface area contributed by atoms with E-state index < -0.39 is 4.92 Å². The smallest absolute Gasteiger partial charge is 0.311 e. The minimum Gasteiger partial charge on any atom is -0.490 e. The molecule has 0 radical (unpaired) electrons. The van der Waals surface area contributed by atoms with Crippen molar-refractivity contribution >= 4 is 11.4 Å². The van der Waals surface area contributed by atoms with Gasteiger partial charge in [-0.2, -0.15) is 0 Å². The van der Waals surface area contributed by atoms with Crippen LogP contribution in [-0.2, 0) is 4.74 Å². The SMILES string of the molecule is COc1cc(NC[C@@H](C)N2CCOC[C@@H]2C)ccc1[N+](=O)[O-]. The van der Waals surface area contributed by atoms with Crippen LogP contribution in [0, 0.1) is 10.1 Å². The van der Waals surface area contributed by atoms with Gasteiger partial charge in [0.15, 0.2) is 5.75 Å². The third-order valence-corrected chi connectivity index (χ3v) is 3.96. The van der Waals surface area contributed by atoms with Gasteiger partial charge in [0.2, 0.25) is 0 Å². The fourth-order valence-corrected chi connectivity index (χ4v) is 2.72. The molecule has 1 N–H and O–H groups in total. The summed E-state index contributed by atoms with van der Waals surface area (Å²) in [5, 5.41) is 14.2. The maximum Gasteiger partial charge on any atom is 0.311 e. The van der Waals surface area contributed by atoms with Crippen LogP contribution < -0.4 is 10.1 Å². The number of hydrogen-bond acceptors (Lipinski definition) is 6. The van der Waals surface area contributed by atoms with Crippen LogP contribution in [0.3, 0.4) is 0 Å². The van der Waals surface area contributed by atoms with E-state index in [1.54, 1.807) is 12.1 Å². The Morgan fingerprint density at radius 3 is 3.00 bits per heavy atom. The van der Waals surface area contributed by atoms with E-state index >= 15 is 0 Å². The highest BCUT2D eigenvalue weighted by Gasteiger charge is 2.23. The van der Waals surface area contributed by atoms with E-state index in [4.69, 9.17) is 9.47 Å². The van der Waals surface area contributed by atoms with E-state index in [2.05, 4.69) is 24.1 Å². The van der Waals surface area contributed by atoms with Gasteiger partial charge < -0.3 is 14.8 Å². The zero-order valence-electron chi connectivity index (χ0n) is 13.2. The second-order valence-corrected chi connectivity index (χ2v) is 5.54. The van der Waals surface area contributed by atoms with Crippen LogP contribution in [-0.4, -0.2) is 55.3 Å². The van der Waals surface area contributed by atoms with Crippen LogP contribution in [0.15, 0.2) is 18.2 Å². The molecule has 7 nitrogen and oxygen atoms in total. The van der Waals surface area contributed by atoms with Gasteiger partial charge in [-0.3, -0.25) is 15.0 Å². The number of anilines is 1. The first kappa shape index (κ1) is 16.5. The van der Waals surface area contributed by atoms with Crippen LogP contribution in [0.5, 0.6) is 5.75 Å². The highest BCUT2D eigenvalue weighted by molar-refractivity contribution is 5.58. The molecule has 1 saturated heterocycles. The predicted molar refractivity (Wildman–Crippen MR) is 84.6 cm³/mol. The van der Waals surface area contributed by atoms with Crippen molar-refractivity contribution in [1.29, 1.82) is 0 Å². The van der Waals surface area contributed by atoms with Gasteiger partial charge in [-0.15, -0.1) is 0 Å². The summed E-state index contributed by atoms with van der Waals surface area (Å²) in [6, 6.07) is 5.57. The minimum atomic E-state index is -0.444. The lowest BCUT2D eigenvalue weighted by Crippen LogP contribution is -2.50. The lowest BCUT2D eigenvalue weighted by molar-refractivity contribution is -0.385. The summed E-state index contributed by atoms with van der Waals surface area (Å²) in [6.07, 6.45) is 0. The molecule has 1 aromatic rings. The van der Waals surface area contributed by atoms with Gasteiger partial charge in [0.25, 0.3) is 0 Å². The molecule has 0 aromatic heterocycles. The standard InChI is InChI=1S/C15H23N3O4/c1-11(17-6-7-22-10-12(17)2)9-16-13-4-5-14(18(19)20)15(8-13)21-3/h4-5,8,11-12,16H,6-7,9-10H2,1-3H3/t11-,12+/m1/s1. The molecule has 22 heavy (non-hydrogen) atoms. The summed E-state index contributed by atoms with van der Waals surface area (Å²) in [5.74, 6) is 0.266. The Morgan fingerprint density at radius 1 is 1.59 bits per heavy atom. The average molecular weight is 309 g/mol. The van der Waals surface area contributed by atoms with E-state index in [1.807, 2.05) is 0 Å². The summed E-state index contributed by atoms with van der Waals surface area (Å²) in [6.45, 7) is 7.52. The molecule has 1 heterocycles. The minimum absolute atomic E-state index is 0.0251.